The van der Waals surface area contributed by atoms with E-state index < -0.39 is 5.91 Å². The first kappa shape index (κ1) is 18.0. The summed E-state index contributed by atoms with van der Waals surface area (Å²) in [7, 11) is 0. The fourth-order valence-corrected chi connectivity index (χ4v) is 2.39. The molecule has 0 heterocycles. The van der Waals surface area contributed by atoms with E-state index in [2.05, 4.69) is 5.32 Å². The lowest BCUT2D eigenvalue weighted by Gasteiger charge is -2.12. The molecule has 0 aliphatic carbocycles. The van der Waals surface area contributed by atoms with Gasteiger partial charge in [-0.2, -0.15) is 0 Å². The van der Waals surface area contributed by atoms with E-state index in [9.17, 15) is 9.59 Å². The zero-order valence-electron chi connectivity index (χ0n) is 14.4. The lowest BCUT2D eigenvalue weighted by molar-refractivity contribution is -0.119. The van der Waals surface area contributed by atoms with Crippen molar-refractivity contribution in [2.24, 2.45) is 5.73 Å². The second-order valence-electron chi connectivity index (χ2n) is 5.65. The van der Waals surface area contributed by atoms with Gasteiger partial charge in [-0.25, -0.2) is 0 Å². The molecule has 0 saturated heterocycles. The highest BCUT2D eigenvalue weighted by Gasteiger charge is 2.13. The normalized spacial score (nSPS) is 10.1. The third-order valence-electron chi connectivity index (χ3n) is 3.57. The zero-order valence-corrected chi connectivity index (χ0v) is 14.4. The Morgan fingerprint density at radius 3 is 2.33 bits per heavy atom. The van der Waals surface area contributed by atoms with Gasteiger partial charge in [-0.3, -0.25) is 9.59 Å². The molecule has 0 bridgehead atoms. The summed E-state index contributed by atoms with van der Waals surface area (Å²) in [4.78, 5) is 23.5. The molecule has 0 aliphatic heterocycles. The third-order valence-corrected chi connectivity index (χ3v) is 3.57. The van der Waals surface area contributed by atoms with Gasteiger partial charge in [-0.05, 0) is 36.4 Å². The van der Waals surface area contributed by atoms with Gasteiger partial charge >= 0.3 is 0 Å². The van der Waals surface area contributed by atoms with Crippen molar-refractivity contribution in [2.45, 2.75) is 0 Å². The van der Waals surface area contributed by atoms with Crippen LogP contribution in [0.2, 0.25) is 0 Å². The standard InChI is InChI=1S/C21H18N2O4/c22-20(24)14-26-19-12-5-4-11-18(19)21(25)23-15-7-6-10-17(13-15)27-16-8-2-1-3-9-16/h1-13H,14H2,(H2,22,24)(H,23,25). The molecule has 136 valence electrons. The zero-order chi connectivity index (χ0) is 19.1. The van der Waals surface area contributed by atoms with Crippen molar-refractivity contribution in [2.75, 3.05) is 11.9 Å². The second-order valence-corrected chi connectivity index (χ2v) is 5.65. The van der Waals surface area contributed by atoms with E-state index in [0.29, 0.717) is 22.7 Å². The second kappa shape index (κ2) is 8.53. The van der Waals surface area contributed by atoms with Gasteiger partial charge in [-0.1, -0.05) is 36.4 Å². The summed E-state index contributed by atoms with van der Waals surface area (Å²) < 4.78 is 11.1. The molecule has 0 aliphatic rings. The minimum Gasteiger partial charge on any atom is -0.483 e. The molecule has 6 nitrogen and oxygen atoms in total. The summed E-state index contributed by atoms with van der Waals surface area (Å²) >= 11 is 0. The molecular formula is C21H18N2O4. The van der Waals surface area contributed by atoms with Gasteiger partial charge in [0.1, 0.15) is 17.2 Å². The summed E-state index contributed by atoms with van der Waals surface area (Å²) in [5.41, 5.74) is 5.96. The number of hydrogen-bond acceptors (Lipinski definition) is 4. The Balaban J connectivity index is 1.73. The number of primary amides is 1. The molecular weight excluding hydrogens is 344 g/mol. The number of amides is 2. The van der Waals surface area contributed by atoms with Crippen molar-refractivity contribution in [1.82, 2.24) is 0 Å². The van der Waals surface area contributed by atoms with Crippen LogP contribution in [0.5, 0.6) is 17.2 Å². The average Bonchev–Trinajstić information content (AvgIpc) is 2.67. The number of anilines is 1. The van der Waals surface area contributed by atoms with E-state index >= 15 is 0 Å². The van der Waals surface area contributed by atoms with E-state index in [4.69, 9.17) is 15.2 Å². The molecule has 0 atom stereocenters. The Morgan fingerprint density at radius 2 is 1.56 bits per heavy atom. The van der Waals surface area contributed by atoms with Crippen molar-refractivity contribution in [1.29, 1.82) is 0 Å². The van der Waals surface area contributed by atoms with Crippen molar-refractivity contribution < 1.29 is 19.1 Å². The van der Waals surface area contributed by atoms with Crippen molar-refractivity contribution in [3.8, 4) is 17.2 Å². The molecule has 0 fully saturated rings. The molecule has 3 N–H and O–H groups in total. The first-order valence-corrected chi connectivity index (χ1v) is 8.26. The van der Waals surface area contributed by atoms with Crippen LogP contribution in [0.1, 0.15) is 10.4 Å². The first-order chi connectivity index (χ1) is 13.1. The van der Waals surface area contributed by atoms with Crippen LogP contribution in [0.25, 0.3) is 0 Å². The summed E-state index contributed by atoms with van der Waals surface area (Å²) in [5, 5.41) is 2.80. The van der Waals surface area contributed by atoms with Gasteiger partial charge < -0.3 is 20.5 Å². The maximum Gasteiger partial charge on any atom is 0.259 e. The molecule has 0 aromatic heterocycles. The van der Waals surface area contributed by atoms with Gasteiger partial charge in [0.15, 0.2) is 6.61 Å². The van der Waals surface area contributed by atoms with Crippen LogP contribution in [0.4, 0.5) is 5.69 Å². The summed E-state index contributed by atoms with van der Waals surface area (Å²) in [6, 6.07) is 23.0. The average molecular weight is 362 g/mol. The lowest BCUT2D eigenvalue weighted by atomic mass is 10.2. The summed E-state index contributed by atoms with van der Waals surface area (Å²) in [6.07, 6.45) is 0. The fourth-order valence-electron chi connectivity index (χ4n) is 2.39. The highest BCUT2D eigenvalue weighted by molar-refractivity contribution is 6.06. The van der Waals surface area contributed by atoms with Crippen molar-refractivity contribution >= 4 is 17.5 Å². The summed E-state index contributed by atoms with van der Waals surface area (Å²) in [5.74, 6) is 0.594. The Kier molecular flexibility index (Phi) is 5.69. The molecule has 3 aromatic carbocycles. The molecule has 6 heteroatoms. The van der Waals surface area contributed by atoms with Gasteiger partial charge in [-0.15, -0.1) is 0 Å². The fraction of sp³-hybridized carbons (Fsp3) is 0.0476. The Hall–Kier alpha value is -3.80. The van der Waals surface area contributed by atoms with E-state index in [1.54, 1.807) is 48.5 Å². The molecule has 3 aromatic rings. The quantitative estimate of drug-likeness (QED) is 0.672. The maximum atomic E-state index is 12.6. The van der Waals surface area contributed by atoms with Gasteiger partial charge in [0.05, 0.1) is 5.56 Å². The number of nitrogens with one attached hydrogen (secondary N) is 1. The molecule has 0 unspecified atom stereocenters. The first-order valence-electron chi connectivity index (χ1n) is 8.26. The van der Waals surface area contributed by atoms with Crippen LogP contribution in [-0.4, -0.2) is 18.4 Å². The molecule has 27 heavy (non-hydrogen) atoms. The Morgan fingerprint density at radius 1 is 0.852 bits per heavy atom. The van der Waals surface area contributed by atoms with Crippen LogP contribution >= 0.6 is 0 Å². The predicted octanol–water partition coefficient (Wildman–Crippen LogP) is 3.60. The summed E-state index contributed by atoms with van der Waals surface area (Å²) in [6.45, 7) is -0.301. The Labute approximate surface area is 156 Å². The van der Waals surface area contributed by atoms with Crippen LogP contribution < -0.4 is 20.5 Å². The molecule has 0 saturated carbocycles. The van der Waals surface area contributed by atoms with Crippen LogP contribution in [0.15, 0.2) is 78.9 Å². The molecule has 0 radical (unpaired) electrons. The number of ether oxygens (including phenoxy) is 2. The minimum absolute atomic E-state index is 0.283. The van der Waals surface area contributed by atoms with Gasteiger partial charge in [0.25, 0.3) is 11.8 Å². The van der Waals surface area contributed by atoms with E-state index in [1.807, 2.05) is 30.3 Å². The largest absolute Gasteiger partial charge is 0.483 e. The topological polar surface area (TPSA) is 90.7 Å². The number of rotatable bonds is 7. The van der Waals surface area contributed by atoms with E-state index in [0.717, 1.165) is 0 Å². The third kappa shape index (κ3) is 5.09. The lowest BCUT2D eigenvalue weighted by Crippen LogP contribution is -2.21. The van der Waals surface area contributed by atoms with Crippen molar-refractivity contribution in [3.05, 3.63) is 84.4 Å². The van der Waals surface area contributed by atoms with Crippen molar-refractivity contribution in [3.63, 3.8) is 0 Å². The highest BCUT2D eigenvalue weighted by atomic mass is 16.5. The highest BCUT2D eigenvalue weighted by Crippen LogP contribution is 2.25. The van der Waals surface area contributed by atoms with E-state index in [1.165, 1.54) is 0 Å². The number of carbonyl (C=O) groups is 2. The Bertz CT molecular complexity index is 942. The van der Waals surface area contributed by atoms with Crippen LogP contribution in [0, 0.1) is 0 Å². The monoisotopic (exact) mass is 362 g/mol. The van der Waals surface area contributed by atoms with Gasteiger partial charge in [0, 0.05) is 11.8 Å². The number of hydrogen-bond donors (Lipinski definition) is 2. The smallest absolute Gasteiger partial charge is 0.259 e. The van der Waals surface area contributed by atoms with Gasteiger partial charge in [0.2, 0.25) is 0 Å². The van der Waals surface area contributed by atoms with Crippen LogP contribution in [0.3, 0.4) is 0 Å². The van der Waals surface area contributed by atoms with Crippen LogP contribution in [-0.2, 0) is 4.79 Å². The number of nitrogens with two attached hydrogens (primary N) is 1. The number of para-hydroxylation sites is 2. The minimum atomic E-state index is -0.615. The SMILES string of the molecule is NC(=O)COc1ccccc1C(=O)Nc1cccc(Oc2ccccc2)c1. The van der Waals surface area contributed by atoms with E-state index in [-0.39, 0.29) is 18.3 Å². The number of carbonyl (C=O) groups excluding carboxylic acids is 2. The molecule has 3 rings (SSSR count). The maximum absolute atomic E-state index is 12.6. The number of benzene rings is 3. The predicted molar refractivity (Wildman–Crippen MR) is 102 cm³/mol. The molecule has 2 amide bonds. The molecule has 0 spiro atoms.